The normalized spacial score (nSPS) is 17.0. The largest absolute Gasteiger partial charge is 0.482 e. The quantitative estimate of drug-likeness (QED) is 0.222. The third kappa shape index (κ3) is 6.24. The van der Waals surface area contributed by atoms with Crippen LogP contribution in [0.5, 0.6) is 5.88 Å². The van der Waals surface area contributed by atoms with Gasteiger partial charge in [0.1, 0.15) is 23.6 Å². The third-order valence-electron chi connectivity index (χ3n) is 9.98. The average Bonchev–Trinajstić information content (AvgIpc) is 3.57. The van der Waals surface area contributed by atoms with E-state index in [-0.39, 0.29) is 59.9 Å². The Kier molecular flexibility index (Phi) is 9.23. The first kappa shape index (κ1) is 36.3. The molecule has 7 rings (SSSR count). The molecule has 1 aliphatic heterocycles. The zero-order valence-electron chi connectivity index (χ0n) is 29.6. The number of anilines is 2. The monoisotopic (exact) mass is 749 g/mol. The predicted octanol–water partition coefficient (Wildman–Crippen LogP) is 4.14. The first-order valence-electron chi connectivity index (χ1n) is 17.2. The molecule has 1 aliphatic carbocycles. The molecule has 2 atom stereocenters. The smallest absolute Gasteiger partial charge is 0.416 e. The third-order valence-corrected chi connectivity index (χ3v) is 9.98. The molecule has 0 unspecified atom stereocenters. The second-order valence-electron chi connectivity index (χ2n) is 13.2. The Labute approximate surface area is 304 Å². The molecule has 18 heteroatoms. The van der Waals surface area contributed by atoms with Crippen molar-refractivity contribution < 1.29 is 31.9 Å². The van der Waals surface area contributed by atoms with Crippen LogP contribution in [0.25, 0.3) is 16.9 Å². The van der Waals surface area contributed by atoms with Gasteiger partial charge in [0.2, 0.25) is 22.6 Å². The number of amides is 2. The lowest BCUT2D eigenvalue weighted by Crippen LogP contribution is -2.67. The van der Waals surface area contributed by atoms with Crippen LogP contribution in [0.1, 0.15) is 52.6 Å². The maximum absolute atomic E-state index is 14.8. The van der Waals surface area contributed by atoms with Crippen LogP contribution >= 0.6 is 0 Å². The minimum atomic E-state index is -4.78. The van der Waals surface area contributed by atoms with Gasteiger partial charge in [0.15, 0.2) is 11.2 Å². The Morgan fingerprint density at radius 2 is 1.80 bits per heavy atom. The number of piperazine rings is 1. The highest BCUT2D eigenvalue weighted by molar-refractivity contribution is 5.97. The summed E-state index contributed by atoms with van der Waals surface area (Å²) in [6.07, 6.45) is -0.294. The minimum absolute atomic E-state index is 0.0532. The Bertz CT molecular complexity index is 2440. The van der Waals surface area contributed by atoms with Gasteiger partial charge in [0, 0.05) is 48.5 Å². The van der Waals surface area contributed by atoms with E-state index in [1.54, 1.807) is 44.0 Å². The van der Waals surface area contributed by atoms with Crippen molar-refractivity contribution in [1.82, 2.24) is 34.4 Å². The molecule has 0 spiro atoms. The summed E-state index contributed by atoms with van der Waals surface area (Å²) in [5.74, 6) is -2.50. The lowest BCUT2D eigenvalue weighted by Gasteiger charge is -2.54. The summed E-state index contributed by atoms with van der Waals surface area (Å²) >= 11 is 0. The van der Waals surface area contributed by atoms with Gasteiger partial charge >= 0.3 is 6.18 Å². The number of rotatable bonds is 8. The maximum atomic E-state index is 14.8. The first-order chi connectivity index (χ1) is 25.7. The van der Waals surface area contributed by atoms with Crippen LogP contribution in [0.4, 0.5) is 28.9 Å². The van der Waals surface area contributed by atoms with Gasteiger partial charge in [0.25, 0.3) is 5.91 Å². The van der Waals surface area contributed by atoms with Gasteiger partial charge < -0.3 is 29.4 Å². The summed E-state index contributed by atoms with van der Waals surface area (Å²) in [5.41, 5.74) is -0.498. The molecule has 1 saturated carbocycles. The number of carbonyl (C=O) groups is 2. The van der Waals surface area contributed by atoms with Gasteiger partial charge in [-0.2, -0.15) is 13.2 Å². The van der Waals surface area contributed by atoms with Crippen molar-refractivity contribution in [2.75, 3.05) is 30.4 Å². The lowest BCUT2D eigenvalue weighted by molar-refractivity contribution is -0.137. The van der Waals surface area contributed by atoms with Crippen LogP contribution in [0.2, 0.25) is 0 Å². The van der Waals surface area contributed by atoms with Crippen molar-refractivity contribution in [3.05, 3.63) is 97.1 Å². The molecular formula is C36H35F4N9O5. The number of aromatic nitrogens is 6. The highest BCUT2D eigenvalue weighted by atomic mass is 19.4. The van der Waals surface area contributed by atoms with E-state index in [0.29, 0.717) is 47.6 Å². The number of aryl methyl sites for hydroxylation is 2. The molecule has 4 aromatic heterocycles. The maximum Gasteiger partial charge on any atom is 0.416 e. The number of nitrogens with one attached hydrogen (secondary N) is 2. The molecule has 5 heterocycles. The van der Waals surface area contributed by atoms with E-state index in [0.717, 1.165) is 6.07 Å². The molecular weight excluding hydrogens is 714 g/mol. The zero-order valence-corrected chi connectivity index (χ0v) is 29.6. The van der Waals surface area contributed by atoms with Crippen LogP contribution in [0.15, 0.2) is 52.3 Å². The second-order valence-corrected chi connectivity index (χ2v) is 13.2. The number of carbonyl (C=O) groups excluding carboxylic acids is 2. The standard InChI is InChI=1S/C36H35F4N9O5/c1-5-24-30(46-12-13-47(26-9-8-25(26)46)35(53)28-31(51)18(2)16-42-34(28)54-4)32(52)29-33(45-49(44-29)21-10-11-41-19(3)14-21)48(24)17-27(50)43-23-7-6-20(15-22(23)37)36(38,39)40/h6-7,10-11,14-16,25-26H,5,8-9,12-13,17H2,1-4H3,(H,42,51)(H,43,50)/t25-,26-/m0/s1. The Morgan fingerprint density at radius 3 is 2.44 bits per heavy atom. The number of hydrogen-bond acceptors (Lipinski definition) is 9. The number of ether oxygens (including phenoxy) is 1. The Hall–Kier alpha value is -6.07. The number of alkyl halides is 3. The second kappa shape index (κ2) is 13.7. The van der Waals surface area contributed by atoms with Gasteiger partial charge in [-0.25, -0.2) is 4.39 Å². The summed E-state index contributed by atoms with van der Waals surface area (Å²) in [6.45, 7) is 5.03. The molecule has 0 radical (unpaired) electrons. The zero-order chi connectivity index (χ0) is 38.6. The average molecular weight is 750 g/mol. The van der Waals surface area contributed by atoms with E-state index in [4.69, 9.17) is 4.74 Å². The first-order valence-corrected chi connectivity index (χ1v) is 17.2. The fourth-order valence-electron chi connectivity index (χ4n) is 7.23. The Balaban J connectivity index is 1.29. The molecule has 1 saturated heterocycles. The molecule has 2 amide bonds. The predicted molar refractivity (Wildman–Crippen MR) is 189 cm³/mol. The van der Waals surface area contributed by atoms with Gasteiger partial charge in [-0.05, 0) is 63.4 Å². The fraction of sp³-hybridized carbons (Fsp3) is 0.361. The highest BCUT2D eigenvalue weighted by Crippen LogP contribution is 2.38. The van der Waals surface area contributed by atoms with Crippen LogP contribution in [0.3, 0.4) is 0 Å². The van der Waals surface area contributed by atoms with Gasteiger partial charge in [-0.3, -0.25) is 24.2 Å². The number of fused-ring (bicyclic) bond motifs is 2. The lowest BCUT2D eigenvalue weighted by atomic mass is 9.81. The van der Waals surface area contributed by atoms with E-state index in [9.17, 15) is 36.7 Å². The van der Waals surface area contributed by atoms with Crippen molar-refractivity contribution in [3.8, 4) is 11.6 Å². The van der Waals surface area contributed by atoms with Crippen LogP contribution < -0.4 is 25.8 Å². The number of pyridine rings is 3. The summed E-state index contributed by atoms with van der Waals surface area (Å²) in [4.78, 5) is 66.9. The van der Waals surface area contributed by atoms with Crippen molar-refractivity contribution >= 4 is 34.4 Å². The van der Waals surface area contributed by atoms with Gasteiger partial charge in [-0.1, -0.05) is 6.92 Å². The van der Waals surface area contributed by atoms with Gasteiger partial charge in [-0.15, -0.1) is 15.0 Å². The fourth-order valence-corrected chi connectivity index (χ4v) is 7.23. The van der Waals surface area contributed by atoms with E-state index in [2.05, 4.69) is 25.5 Å². The van der Waals surface area contributed by atoms with Crippen molar-refractivity contribution in [2.24, 2.45) is 0 Å². The van der Waals surface area contributed by atoms with E-state index < -0.39 is 52.5 Å². The topological polar surface area (TPSA) is 160 Å². The van der Waals surface area contributed by atoms with Crippen molar-refractivity contribution in [1.29, 1.82) is 0 Å². The number of nitrogens with zero attached hydrogens (tertiary/aromatic N) is 7. The molecule has 14 nitrogen and oxygen atoms in total. The molecule has 1 aromatic carbocycles. The summed E-state index contributed by atoms with van der Waals surface area (Å²) < 4.78 is 61.1. The molecule has 282 valence electrons. The molecule has 0 bridgehead atoms. The molecule has 54 heavy (non-hydrogen) atoms. The number of benzene rings is 1. The summed E-state index contributed by atoms with van der Waals surface area (Å²) in [7, 11) is 1.36. The molecule has 2 fully saturated rings. The summed E-state index contributed by atoms with van der Waals surface area (Å²) in [6, 6.07) is 4.47. The van der Waals surface area contributed by atoms with E-state index in [1.807, 2.05) is 4.90 Å². The van der Waals surface area contributed by atoms with Crippen molar-refractivity contribution in [2.45, 2.75) is 64.8 Å². The van der Waals surface area contributed by atoms with E-state index in [1.165, 1.54) is 22.7 Å². The number of aromatic amines is 1. The molecule has 2 aliphatic rings. The van der Waals surface area contributed by atoms with Crippen LogP contribution in [-0.4, -0.2) is 78.5 Å². The molecule has 5 aromatic rings. The van der Waals surface area contributed by atoms with Gasteiger partial charge in [0.05, 0.1) is 30.1 Å². The van der Waals surface area contributed by atoms with Crippen molar-refractivity contribution in [3.63, 3.8) is 0 Å². The van der Waals surface area contributed by atoms with E-state index >= 15 is 0 Å². The molecule has 2 N–H and O–H groups in total. The summed E-state index contributed by atoms with van der Waals surface area (Å²) in [5, 5.41) is 11.5. The number of halogens is 4. The number of hydrogen-bond donors (Lipinski definition) is 2. The highest BCUT2D eigenvalue weighted by Gasteiger charge is 2.47. The minimum Gasteiger partial charge on any atom is -0.482 e. The van der Waals surface area contributed by atoms with Crippen LogP contribution in [0, 0.1) is 19.7 Å². The number of H-pyrrole nitrogens is 1. The SMILES string of the molecule is CCc1c(N2CCN(C(=O)c3c(OC)[nH]cc(C)c3=O)[C@H]3CC[C@@H]32)c(=O)c2nn(-c3ccnc(C)c3)nc2n1CC(=O)Nc1ccc(C(F)(F)F)cc1F. The Morgan fingerprint density at radius 1 is 1.04 bits per heavy atom. The number of methoxy groups -OCH3 is 1. The van der Waals surface area contributed by atoms with Crippen LogP contribution in [-0.2, 0) is 23.9 Å².